The van der Waals surface area contributed by atoms with E-state index in [0.717, 1.165) is 63.7 Å². The van der Waals surface area contributed by atoms with Gasteiger partial charge in [-0.2, -0.15) is 5.10 Å². The van der Waals surface area contributed by atoms with E-state index in [4.69, 9.17) is 4.74 Å². The summed E-state index contributed by atoms with van der Waals surface area (Å²) in [6, 6.07) is 0. The molecule has 0 radical (unpaired) electrons. The molecule has 35 heavy (non-hydrogen) atoms. The average molecular weight is 490 g/mol. The maximum Gasteiger partial charge on any atom is 0.410 e. The van der Waals surface area contributed by atoms with Gasteiger partial charge in [-0.05, 0) is 72.8 Å². The standard InChI is InChI=1S/C27H47N5O3/c1-9-26(10-2)19-27(32(8)23(26)33)13-11-20(12-14-27)22-21(17-28-29-22)18-30(6)15-16-31(7)24(34)35-25(3,4)5/h17,20H,9-16,18-19H2,1-8H3,(H,28,29). The largest absolute Gasteiger partial charge is 0.444 e. The molecular formula is C27H47N5O3. The van der Waals surface area contributed by atoms with Gasteiger partial charge in [-0.15, -0.1) is 0 Å². The number of aromatic nitrogens is 2. The van der Waals surface area contributed by atoms with Crippen molar-refractivity contribution >= 4 is 12.0 Å². The average Bonchev–Trinajstić information content (AvgIpc) is 3.34. The molecule has 1 aromatic rings. The van der Waals surface area contributed by atoms with E-state index in [2.05, 4.69) is 40.9 Å². The molecule has 2 amide bonds. The summed E-state index contributed by atoms with van der Waals surface area (Å²) in [7, 11) is 5.88. The van der Waals surface area contributed by atoms with E-state index < -0.39 is 5.60 Å². The Morgan fingerprint density at radius 3 is 2.37 bits per heavy atom. The van der Waals surface area contributed by atoms with Crippen molar-refractivity contribution in [3.05, 3.63) is 17.5 Å². The van der Waals surface area contributed by atoms with Crippen molar-refractivity contribution in [2.75, 3.05) is 34.2 Å². The smallest absolute Gasteiger partial charge is 0.410 e. The zero-order valence-corrected chi connectivity index (χ0v) is 23.2. The van der Waals surface area contributed by atoms with E-state index in [0.29, 0.717) is 18.4 Å². The summed E-state index contributed by atoms with van der Waals surface area (Å²) in [5.74, 6) is 0.765. The molecule has 0 aromatic carbocycles. The number of likely N-dealkylation sites (N-methyl/N-ethyl adjacent to an activating group) is 2. The first-order chi connectivity index (χ1) is 16.4. The van der Waals surface area contributed by atoms with Crippen LogP contribution in [-0.4, -0.2) is 82.3 Å². The van der Waals surface area contributed by atoms with E-state index in [-0.39, 0.29) is 17.0 Å². The Bertz CT molecular complexity index is 878. The van der Waals surface area contributed by atoms with Crippen LogP contribution in [0.3, 0.4) is 0 Å². The van der Waals surface area contributed by atoms with E-state index >= 15 is 0 Å². The zero-order valence-electron chi connectivity index (χ0n) is 23.2. The highest BCUT2D eigenvalue weighted by molar-refractivity contribution is 5.86. The van der Waals surface area contributed by atoms with Crippen molar-refractivity contribution in [2.45, 2.75) is 103 Å². The predicted molar refractivity (Wildman–Crippen MR) is 138 cm³/mol. The Labute approximate surface area is 211 Å². The first-order valence-electron chi connectivity index (χ1n) is 13.3. The van der Waals surface area contributed by atoms with Crippen LogP contribution in [0.1, 0.15) is 96.7 Å². The van der Waals surface area contributed by atoms with Crippen LogP contribution in [0.2, 0.25) is 0 Å². The number of amides is 2. The number of rotatable bonds is 8. The van der Waals surface area contributed by atoms with Crippen LogP contribution in [0, 0.1) is 5.41 Å². The summed E-state index contributed by atoms with van der Waals surface area (Å²) >= 11 is 0. The van der Waals surface area contributed by atoms with Crippen LogP contribution < -0.4 is 0 Å². The molecule has 1 aromatic heterocycles. The van der Waals surface area contributed by atoms with Gasteiger partial charge in [-0.3, -0.25) is 9.89 Å². The summed E-state index contributed by atoms with van der Waals surface area (Å²) in [6.07, 6.45) is 8.78. The van der Waals surface area contributed by atoms with Crippen molar-refractivity contribution in [1.29, 1.82) is 0 Å². The lowest BCUT2D eigenvalue weighted by atomic mass is 9.68. The van der Waals surface area contributed by atoms with Gasteiger partial charge in [0.25, 0.3) is 0 Å². The Hall–Kier alpha value is -2.09. The summed E-state index contributed by atoms with van der Waals surface area (Å²) < 4.78 is 5.45. The van der Waals surface area contributed by atoms with Crippen molar-refractivity contribution < 1.29 is 14.3 Å². The second-order valence-corrected chi connectivity index (χ2v) is 12.0. The van der Waals surface area contributed by atoms with Gasteiger partial charge in [0.1, 0.15) is 5.60 Å². The second-order valence-electron chi connectivity index (χ2n) is 12.0. The van der Waals surface area contributed by atoms with Gasteiger partial charge in [0.05, 0.1) is 11.1 Å². The van der Waals surface area contributed by atoms with Gasteiger partial charge in [0.15, 0.2) is 0 Å². The molecule has 1 N–H and O–H groups in total. The number of hydrogen-bond donors (Lipinski definition) is 1. The Balaban J connectivity index is 1.56. The molecule has 1 aliphatic carbocycles. The number of ether oxygens (including phenoxy) is 1. The molecule has 1 spiro atoms. The van der Waals surface area contributed by atoms with E-state index in [1.54, 1.807) is 11.9 Å². The molecule has 2 aliphatic rings. The number of nitrogens with zero attached hydrogens (tertiary/aromatic N) is 4. The molecular weight excluding hydrogens is 442 g/mol. The fourth-order valence-electron chi connectivity index (χ4n) is 6.07. The van der Waals surface area contributed by atoms with Crippen LogP contribution in [0.25, 0.3) is 0 Å². The summed E-state index contributed by atoms with van der Waals surface area (Å²) in [6.45, 7) is 12.1. The van der Waals surface area contributed by atoms with E-state index in [1.165, 1.54) is 5.56 Å². The van der Waals surface area contributed by atoms with Crippen molar-refractivity contribution in [3.8, 4) is 0 Å². The number of H-pyrrole nitrogens is 1. The number of carbonyl (C=O) groups excluding carboxylic acids is 2. The number of hydrogen-bond acceptors (Lipinski definition) is 5. The molecule has 3 rings (SSSR count). The van der Waals surface area contributed by atoms with Crippen LogP contribution in [0.5, 0.6) is 0 Å². The summed E-state index contributed by atoms with van der Waals surface area (Å²) in [5, 5.41) is 7.74. The van der Waals surface area contributed by atoms with Gasteiger partial charge in [0, 0.05) is 56.9 Å². The van der Waals surface area contributed by atoms with Gasteiger partial charge in [-0.25, -0.2) is 4.79 Å². The molecule has 2 fully saturated rings. The number of carbonyl (C=O) groups is 2. The van der Waals surface area contributed by atoms with Crippen LogP contribution >= 0.6 is 0 Å². The molecule has 0 bridgehead atoms. The minimum atomic E-state index is -0.489. The fourth-order valence-corrected chi connectivity index (χ4v) is 6.07. The number of likely N-dealkylation sites (tertiary alicyclic amines) is 1. The quantitative estimate of drug-likeness (QED) is 0.569. The van der Waals surface area contributed by atoms with E-state index in [9.17, 15) is 9.59 Å². The van der Waals surface area contributed by atoms with Crippen LogP contribution in [0.4, 0.5) is 4.79 Å². The monoisotopic (exact) mass is 489 g/mol. The normalized spacial score (nSPS) is 24.4. The third-order valence-corrected chi connectivity index (χ3v) is 8.51. The minimum Gasteiger partial charge on any atom is -0.444 e. The topological polar surface area (TPSA) is 81.8 Å². The van der Waals surface area contributed by atoms with Crippen molar-refractivity contribution in [2.24, 2.45) is 5.41 Å². The highest BCUT2D eigenvalue weighted by Crippen LogP contribution is 2.54. The molecule has 0 unspecified atom stereocenters. The zero-order chi connectivity index (χ0) is 26.0. The lowest BCUT2D eigenvalue weighted by molar-refractivity contribution is -0.137. The second kappa shape index (κ2) is 10.5. The van der Waals surface area contributed by atoms with Crippen LogP contribution in [0.15, 0.2) is 6.20 Å². The van der Waals surface area contributed by atoms with E-state index in [1.807, 2.05) is 34.0 Å². The molecule has 1 aliphatic heterocycles. The highest BCUT2D eigenvalue weighted by atomic mass is 16.6. The SMILES string of the molecule is CCC1(CC)CC2(CCC(c3n[nH]cc3CN(C)CCN(C)C(=O)OC(C)(C)C)CC2)N(C)C1=O. The lowest BCUT2D eigenvalue weighted by Gasteiger charge is -2.42. The fraction of sp³-hybridized carbons (Fsp3) is 0.815. The molecule has 2 heterocycles. The molecule has 198 valence electrons. The summed E-state index contributed by atoms with van der Waals surface area (Å²) in [4.78, 5) is 31.3. The molecule has 8 heteroatoms. The number of aromatic amines is 1. The van der Waals surface area contributed by atoms with Gasteiger partial charge < -0.3 is 19.4 Å². The first kappa shape index (κ1) is 27.5. The number of nitrogens with one attached hydrogen (secondary N) is 1. The Morgan fingerprint density at radius 2 is 1.83 bits per heavy atom. The summed E-state index contributed by atoms with van der Waals surface area (Å²) in [5.41, 5.74) is 1.74. The van der Waals surface area contributed by atoms with Crippen molar-refractivity contribution in [3.63, 3.8) is 0 Å². The highest BCUT2D eigenvalue weighted by Gasteiger charge is 2.56. The predicted octanol–water partition coefficient (Wildman–Crippen LogP) is 4.77. The third-order valence-electron chi connectivity index (χ3n) is 8.51. The van der Waals surface area contributed by atoms with Gasteiger partial charge in [0.2, 0.25) is 5.91 Å². The molecule has 1 saturated heterocycles. The van der Waals surface area contributed by atoms with Gasteiger partial charge in [-0.1, -0.05) is 13.8 Å². The molecule has 0 atom stereocenters. The maximum atomic E-state index is 13.1. The first-order valence-corrected chi connectivity index (χ1v) is 13.3. The van der Waals surface area contributed by atoms with Gasteiger partial charge >= 0.3 is 6.09 Å². The third kappa shape index (κ3) is 5.84. The molecule has 8 nitrogen and oxygen atoms in total. The Kier molecular flexibility index (Phi) is 8.24. The molecule has 1 saturated carbocycles. The van der Waals surface area contributed by atoms with Crippen molar-refractivity contribution in [1.82, 2.24) is 24.9 Å². The maximum absolute atomic E-state index is 13.1. The Morgan fingerprint density at radius 1 is 1.20 bits per heavy atom. The van der Waals surface area contributed by atoms with Crippen LogP contribution in [-0.2, 0) is 16.1 Å². The minimum absolute atomic E-state index is 0.0130. The lowest BCUT2D eigenvalue weighted by Crippen LogP contribution is -2.45.